The molecule has 0 spiro atoms. The molecule has 0 amide bonds. The molecule has 0 fully saturated rings. The molecule has 0 aliphatic carbocycles. The standard InChI is InChI=1S/C4H10OS.Na/c1-2-5-3-4-6;/h6H,2-4H2,1H3;/q;+1/p-1. The van der Waals surface area contributed by atoms with E-state index in [0.29, 0.717) is 5.75 Å². The minimum absolute atomic E-state index is 0. The summed E-state index contributed by atoms with van der Waals surface area (Å²) in [4.78, 5) is 0. The second kappa shape index (κ2) is 10.3. The normalized spacial score (nSPS) is 7.71. The van der Waals surface area contributed by atoms with Gasteiger partial charge in [-0.05, 0) is 6.92 Å². The average Bonchev–Trinajstić information content (AvgIpc) is 1.61. The maximum Gasteiger partial charge on any atom is 1.00 e. The van der Waals surface area contributed by atoms with Gasteiger partial charge in [-0.3, -0.25) is 0 Å². The summed E-state index contributed by atoms with van der Waals surface area (Å²) in [5, 5.41) is 0. The Labute approximate surface area is 72.5 Å². The predicted molar refractivity (Wildman–Crippen MR) is 28.7 cm³/mol. The maximum absolute atomic E-state index is 4.88. The quantitative estimate of drug-likeness (QED) is 0.237. The van der Waals surface area contributed by atoms with Gasteiger partial charge in [0.2, 0.25) is 0 Å². The summed E-state index contributed by atoms with van der Waals surface area (Å²) in [6, 6.07) is 0. The van der Waals surface area contributed by atoms with Crippen molar-refractivity contribution in [1.29, 1.82) is 0 Å². The Morgan fingerprint density at radius 1 is 1.57 bits per heavy atom. The molecule has 0 aromatic rings. The Bertz CT molecular complexity index is 23.7. The minimum atomic E-state index is 0. The van der Waals surface area contributed by atoms with E-state index in [1.54, 1.807) is 0 Å². The molecule has 0 aliphatic heterocycles. The van der Waals surface area contributed by atoms with Crippen LogP contribution in [0.25, 0.3) is 0 Å². The van der Waals surface area contributed by atoms with Gasteiger partial charge in [-0.25, -0.2) is 0 Å². The van der Waals surface area contributed by atoms with Gasteiger partial charge in [0.05, 0.1) is 0 Å². The summed E-state index contributed by atoms with van der Waals surface area (Å²) in [6.45, 7) is 3.48. The van der Waals surface area contributed by atoms with Gasteiger partial charge in [-0.15, -0.1) is 0 Å². The van der Waals surface area contributed by atoms with Gasteiger partial charge >= 0.3 is 29.6 Å². The Morgan fingerprint density at radius 3 is 2.29 bits per heavy atom. The summed E-state index contributed by atoms with van der Waals surface area (Å²) < 4.78 is 4.88. The monoisotopic (exact) mass is 128 g/mol. The van der Waals surface area contributed by atoms with Crippen LogP contribution in [0, 0.1) is 0 Å². The first-order valence-electron chi connectivity index (χ1n) is 2.07. The van der Waals surface area contributed by atoms with Crippen LogP contribution in [0.3, 0.4) is 0 Å². The molecule has 1 nitrogen and oxygen atoms in total. The summed E-state index contributed by atoms with van der Waals surface area (Å²) in [5.41, 5.74) is 0. The van der Waals surface area contributed by atoms with E-state index in [0.717, 1.165) is 13.2 Å². The van der Waals surface area contributed by atoms with Gasteiger partial charge in [0.25, 0.3) is 0 Å². The fraction of sp³-hybridized carbons (Fsp3) is 1.00. The third-order valence-corrected chi connectivity index (χ3v) is 0.598. The molecule has 0 saturated heterocycles. The molecule has 0 heterocycles. The van der Waals surface area contributed by atoms with Crippen molar-refractivity contribution in [2.45, 2.75) is 6.92 Å². The zero-order chi connectivity index (χ0) is 4.83. The van der Waals surface area contributed by atoms with Crippen LogP contribution < -0.4 is 29.6 Å². The van der Waals surface area contributed by atoms with Gasteiger partial charge in [-0.1, -0.05) is 0 Å². The van der Waals surface area contributed by atoms with E-state index in [1.165, 1.54) is 0 Å². The third kappa shape index (κ3) is 11.1. The molecule has 38 valence electrons. The summed E-state index contributed by atoms with van der Waals surface area (Å²) in [7, 11) is 0. The van der Waals surface area contributed by atoms with Gasteiger partial charge in [-0.2, -0.15) is 5.75 Å². The molecule has 7 heavy (non-hydrogen) atoms. The molecule has 0 saturated carbocycles. The van der Waals surface area contributed by atoms with Crippen molar-refractivity contribution in [3.05, 3.63) is 0 Å². The maximum atomic E-state index is 4.88. The fourth-order valence-electron chi connectivity index (χ4n) is 0.203. The first-order valence-corrected chi connectivity index (χ1v) is 2.65. The Kier molecular flexibility index (Phi) is 16.4. The van der Waals surface area contributed by atoms with Crippen molar-refractivity contribution in [3.8, 4) is 0 Å². The zero-order valence-electron chi connectivity index (χ0n) is 4.94. The van der Waals surface area contributed by atoms with Crippen LogP contribution in [0.2, 0.25) is 0 Å². The molecular formula is C4H9NaOS. The molecule has 0 bridgehead atoms. The largest absolute Gasteiger partial charge is 1.00 e. The first-order chi connectivity index (χ1) is 2.91. The average molecular weight is 128 g/mol. The van der Waals surface area contributed by atoms with E-state index < -0.39 is 0 Å². The summed E-state index contributed by atoms with van der Waals surface area (Å²) in [5.74, 6) is 0.716. The van der Waals surface area contributed by atoms with Crippen molar-refractivity contribution in [3.63, 3.8) is 0 Å². The van der Waals surface area contributed by atoms with Gasteiger partial charge in [0.15, 0.2) is 0 Å². The SMILES string of the molecule is CCOCC[S-].[Na+]. The Morgan fingerprint density at radius 2 is 2.14 bits per heavy atom. The van der Waals surface area contributed by atoms with Gasteiger partial charge < -0.3 is 17.4 Å². The Hall–Kier alpha value is 1.31. The van der Waals surface area contributed by atoms with Crippen LogP contribution in [0.4, 0.5) is 0 Å². The molecule has 0 N–H and O–H groups in total. The van der Waals surface area contributed by atoms with Crippen molar-refractivity contribution in [1.82, 2.24) is 0 Å². The number of rotatable bonds is 3. The number of hydrogen-bond acceptors (Lipinski definition) is 2. The Balaban J connectivity index is 0. The number of ether oxygens (including phenoxy) is 1. The van der Waals surface area contributed by atoms with E-state index in [4.69, 9.17) is 4.74 Å². The topological polar surface area (TPSA) is 9.23 Å². The second-order valence-corrected chi connectivity index (χ2v) is 1.31. The molecule has 0 unspecified atom stereocenters. The smallest absolute Gasteiger partial charge is 0.790 e. The van der Waals surface area contributed by atoms with E-state index in [1.807, 2.05) is 6.92 Å². The van der Waals surface area contributed by atoms with E-state index in [9.17, 15) is 0 Å². The van der Waals surface area contributed by atoms with Crippen LogP contribution in [0.5, 0.6) is 0 Å². The van der Waals surface area contributed by atoms with E-state index in [2.05, 4.69) is 12.6 Å². The molecule has 0 atom stereocenters. The van der Waals surface area contributed by atoms with Crippen molar-refractivity contribution < 1.29 is 34.3 Å². The van der Waals surface area contributed by atoms with Crippen molar-refractivity contribution in [2.24, 2.45) is 0 Å². The third-order valence-electron chi connectivity index (χ3n) is 0.432. The van der Waals surface area contributed by atoms with Crippen molar-refractivity contribution >= 4 is 12.6 Å². The van der Waals surface area contributed by atoms with Crippen LogP contribution in [0.15, 0.2) is 0 Å². The van der Waals surface area contributed by atoms with Crippen LogP contribution >= 0.6 is 0 Å². The first kappa shape index (κ1) is 11.2. The van der Waals surface area contributed by atoms with Crippen LogP contribution in [-0.4, -0.2) is 19.0 Å². The molecule has 0 radical (unpaired) electrons. The van der Waals surface area contributed by atoms with Crippen molar-refractivity contribution in [2.75, 3.05) is 19.0 Å². The summed E-state index contributed by atoms with van der Waals surface area (Å²) >= 11 is 4.59. The zero-order valence-corrected chi connectivity index (χ0v) is 7.75. The molecule has 0 rings (SSSR count). The minimum Gasteiger partial charge on any atom is -0.790 e. The fourth-order valence-corrected chi connectivity index (χ4v) is 0.321. The molecule has 3 heteroatoms. The van der Waals surface area contributed by atoms with E-state index in [-0.39, 0.29) is 29.6 Å². The van der Waals surface area contributed by atoms with E-state index >= 15 is 0 Å². The van der Waals surface area contributed by atoms with Gasteiger partial charge in [0.1, 0.15) is 0 Å². The number of hydrogen-bond donors (Lipinski definition) is 0. The predicted octanol–water partition coefficient (Wildman–Crippen LogP) is -2.43. The summed E-state index contributed by atoms with van der Waals surface area (Å²) in [6.07, 6.45) is 0. The molecule has 0 aliphatic rings. The van der Waals surface area contributed by atoms with Gasteiger partial charge in [0, 0.05) is 13.2 Å². The molecular weight excluding hydrogens is 119 g/mol. The van der Waals surface area contributed by atoms with Crippen LogP contribution in [-0.2, 0) is 17.4 Å². The van der Waals surface area contributed by atoms with Crippen LogP contribution in [0.1, 0.15) is 6.92 Å². The molecule has 0 aromatic carbocycles. The molecule has 0 aromatic heterocycles. The second-order valence-electron chi connectivity index (χ2n) is 0.901.